The lowest BCUT2D eigenvalue weighted by atomic mass is 10.2. The number of carboxylic acid groups (broad SMARTS) is 1. The first kappa shape index (κ1) is 15.0. The predicted octanol–water partition coefficient (Wildman–Crippen LogP) is 5.15. The zero-order valence-corrected chi connectivity index (χ0v) is 13.5. The van der Waals surface area contributed by atoms with Gasteiger partial charge in [-0.2, -0.15) is 0 Å². The zero-order valence-electron chi connectivity index (χ0n) is 10.3. The van der Waals surface area contributed by atoms with Crippen molar-refractivity contribution in [2.45, 2.75) is 6.92 Å². The zero-order chi connectivity index (χ0) is 14.9. The number of halogens is 3. The van der Waals surface area contributed by atoms with Crippen LogP contribution in [-0.4, -0.2) is 11.1 Å². The van der Waals surface area contributed by atoms with Gasteiger partial charge in [0, 0.05) is 4.47 Å². The molecule has 0 aliphatic rings. The summed E-state index contributed by atoms with van der Waals surface area (Å²) in [6.45, 7) is 1.83. The predicted molar refractivity (Wildman–Crippen MR) is 80.0 cm³/mol. The topological polar surface area (TPSA) is 46.5 Å². The highest BCUT2D eigenvalue weighted by atomic mass is 79.9. The summed E-state index contributed by atoms with van der Waals surface area (Å²) < 4.78 is 20.3. The van der Waals surface area contributed by atoms with Crippen LogP contribution in [0, 0.1) is 12.7 Å². The van der Waals surface area contributed by atoms with E-state index < -0.39 is 11.8 Å². The smallest absolute Gasteiger partial charge is 0.336 e. The van der Waals surface area contributed by atoms with Crippen molar-refractivity contribution >= 4 is 37.8 Å². The van der Waals surface area contributed by atoms with Gasteiger partial charge in [0.15, 0.2) is 11.6 Å². The maximum Gasteiger partial charge on any atom is 0.336 e. The van der Waals surface area contributed by atoms with E-state index in [0.29, 0.717) is 5.75 Å². The number of carboxylic acids is 1. The van der Waals surface area contributed by atoms with Gasteiger partial charge in [0.05, 0.1) is 10.0 Å². The molecular weight excluding hydrogens is 395 g/mol. The summed E-state index contributed by atoms with van der Waals surface area (Å²) in [5, 5.41) is 8.90. The van der Waals surface area contributed by atoms with Crippen LogP contribution in [0.15, 0.2) is 39.3 Å². The van der Waals surface area contributed by atoms with Crippen molar-refractivity contribution in [3.8, 4) is 11.5 Å². The summed E-state index contributed by atoms with van der Waals surface area (Å²) >= 11 is 6.26. The molecule has 0 fully saturated rings. The van der Waals surface area contributed by atoms with Crippen molar-refractivity contribution in [3.05, 3.63) is 56.2 Å². The Balaban J connectivity index is 2.39. The van der Waals surface area contributed by atoms with E-state index in [2.05, 4.69) is 31.9 Å². The second-order valence-electron chi connectivity index (χ2n) is 4.06. The molecule has 0 heterocycles. The van der Waals surface area contributed by atoms with Crippen LogP contribution in [0.5, 0.6) is 11.5 Å². The molecule has 3 nitrogen and oxygen atoms in total. The Bertz CT molecular complexity index is 686. The minimum absolute atomic E-state index is 0.0349. The molecule has 6 heteroatoms. The Morgan fingerprint density at radius 2 is 1.85 bits per heavy atom. The van der Waals surface area contributed by atoms with E-state index in [4.69, 9.17) is 9.84 Å². The largest absolute Gasteiger partial charge is 0.478 e. The van der Waals surface area contributed by atoms with Gasteiger partial charge in [-0.05, 0) is 58.7 Å². The van der Waals surface area contributed by atoms with E-state index in [1.165, 1.54) is 12.1 Å². The van der Waals surface area contributed by atoms with Crippen molar-refractivity contribution in [1.29, 1.82) is 0 Å². The van der Waals surface area contributed by atoms with E-state index in [0.717, 1.165) is 10.0 Å². The van der Waals surface area contributed by atoms with Gasteiger partial charge in [-0.3, -0.25) is 0 Å². The van der Waals surface area contributed by atoms with Crippen LogP contribution in [0.25, 0.3) is 0 Å². The summed E-state index contributed by atoms with van der Waals surface area (Å²) in [4.78, 5) is 10.9. The summed E-state index contributed by atoms with van der Waals surface area (Å²) in [5.41, 5.74) is 0.680. The molecule has 0 bridgehead atoms. The third-order valence-electron chi connectivity index (χ3n) is 2.63. The summed E-state index contributed by atoms with van der Waals surface area (Å²) in [7, 11) is 0. The molecule has 2 aromatic carbocycles. The SMILES string of the molecule is Cc1cc(Br)ccc1Oc1ccc(C(=O)O)c(Br)c1F. The minimum atomic E-state index is -1.21. The van der Waals surface area contributed by atoms with Crippen LogP contribution in [0.3, 0.4) is 0 Å². The highest BCUT2D eigenvalue weighted by Gasteiger charge is 2.17. The first-order chi connectivity index (χ1) is 9.40. The van der Waals surface area contributed by atoms with Crippen molar-refractivity contribution in [2.24, 2.45) is 0 Å². The molecule has 0 amide bonds. The monoisotopic (exact) mass is 402 g/mol. The van der Waals surface area contributed by atoms with Gasteiger partial charge in [0.25, 0.3) is 0 Å². The molecule has 104 valence electrons. The Hall–Kier alpha value is -1.40. The lowest BCUT2D eigenvalue weighted by Crippen LogP contribution is -2.01. The maximum absolute atomic E-state index is 14.1. The number of benzene rings is 2. The summed E-state index contributed by atoms with van der Waals surface area (Å²) in [6.07, 6.45) is 0. The molecule has 0 aromatic heterocycles. The van der Waals surface area contributed by atoms with Crippen LogP contribution in [-0.2, 0) is 0 Å². The normalized spacial score (nSPS) is 10.4. The van der Waals surface area contributed by atoms with Gasteiger partial charge in [-0.25, -0.2) is 9.18 Å². The molecule has 0 radical (unpaired) electrons. The Labute approximate surface area is 131 Å². The highest BCUT2D eigenvalue weighted by Crippen LogP contribution is 2.33. The molecule has 0 spiro atoms. The van der Waals surface area contributed by atoms with Gasteiger partial charge in [0.1, 0.15) is 5.75 Å². The van der Waals surface area contributed by atoms with Crippen molar-refractivity contribution in [3.63, 3.8) is 0 Å². The van der Waals surface area contributed by atoms with Crippen LogP contribution in [0.2, 0.25) is 0 Å². The van der Waals surface area contributed by atoms with Crippen molar-refractivity contribution in [2.75, 3.05) is 0 Å². The highest BCUT2D eigenvalue weighted by molar-refractivity contribution is 9.10. The molecule has 0 saturated heterocycles. The first-order valence-electron chi connectivity index (χ1n) is 5.55. The molecule has 1 N–H and O–H groups in total. The second kappa shape index (κ2) is 5.93. The maximum atomic E-state index is 14.1. The fourth-order valence-corrected chi connectivity index (χ4v) is 2.59. The standard InChI is InChI=1S/C14H9Br2FO3/c1-7-6-8(15)2-4-10(7)20-11-5-3-9(14(18)19)12(16)13(11)17/h2-6H,1H3,(H,18,19). The van der Waals surface area contributed by atoms with Crippen LogP contribution in [0.4, 0.5) is 4.39 Å². The van der Waals surface area contributed by atoms with Gasteiger partial charge >= 0.3 is 5.97 Å². The number of ether oxygens (including phenoxy) is 1. The number of aryl methyl sites for hydroxylation is 1. The van der Waals surface area contributed by atoms with Crippen LogP contribution < -0.4 is 4.74 Å². The number of hydrogen-bond acceptors (Lipinski definition) is 2. The van der Waals surface area contributed by atoms with Gasteiger partial charge in [0.2, 0.25) is 0 Å². The molecule has 2 rings (SSSR count). The Morgan fingerprint density at radius 1 is 1.20 bits per heavy atom. The molecule has 20 heavy (non-hydrogen) atoms. The molecular formula is C14H9Br2FO3. The lowest BCUT2D eigenvalue weighted by molar-refractivity contribution is 0.0695. The third-order valence-corrected chi connectivity index (χ3v) is 3.90. The number of rotatable bonds is 3. The Morgan fingerprint density at radius 3 is 2.45 bits per heavy atom. The van der Waals surface area contributed by atoms with E-state index in [1.54, 1.807) is 12.1 Å². The van der Waals surface area contributed by atoms with Crippen molar-refractivity contribution < 1.29 is 19.0 Å². The Kier molecular flexibility index (Phi) is 4.45. The second-order valence-corrected chi connectivity index (χ2v) is 5.76. The van der Waals surface area contributed by atoms with E-state index in [9.17, 15) is 9.18 Å². The summed E-state index contributed by atoms with van der Waals surface area (Å²) in [6, 6.07) is 7.91. The number of hydrogen-bond donors (Lipinski definition) is 1. The molecule has 2 aromatic rings. The van der Waals surface area contributed by atoms with Gasteiger partial charge in [-0.1, -0.05) is 15.9 Å². The minimum Gasteiger partial charge on any atom is -0.478 e. The lowest BCUT2D eigenvalue weighted by Gasteiger charge is -2.11. The van der Waals surface area contributed by atoms with E-state index in [1.807, 2.05) is 13.0 Å². The molecule has 0 saturated carbocycles. The van der Waals surface area contributed by atoms with E-state index >= 15 is 0 Å². The quantitative estimate of drug-likeness (QED) is 0.770. The third kappa shape index (κ3) is 3.02. The van der Waals surface area contributed by atoms with Gasteiger partial charge < -0.3 is 9.84 Å². The molecule has 0 unspecified atom stereocenters. The molecule has 0 aliphatic carbocycles. The van der Waals surface area contributed by atoms with E-state index in [-0.39, 0.29) is 15.8 Å². The molecule has 0 aliphatic heterocycles. The van der Waals surface area contributed by atoms with Gasteiger partial charge in [-0.15, -0.1) is 0 Å². The van der Waals surface area contributed by atoms with Crippen LogP contribution in [0.1, 0.15) is 15.9 Å². The number of carbonyl (C=O) groups is 1. The average Bonchev–Trinajstić information content (AvgIpc) is 2.37. The molecule has 0 atom stereocenters. The average molecular weight is 404 g/mol. The number of aromatic carboxylic acids is 1. The summed E-state index contributed by atoms with van der Waals surface area (Å²) in [5.74, 6) is -1.48. The fraction of sp³-hybridized carbons (Fsp3) is 0.0714. The van der Waals surface area contributed by atoms with Crippen molar-refractivity contribution in [1.82, 2.24) is 0 Å². The van der Waals surface area contributed by atoms with Crippen LogP contribution >= 0.6 is 31.9 Å². The first-order valence-corrected chi connectivity index (χ1v) is 7.14. The fourth-order valence-electron chi connectivity index (χ4n) is 1.62.